The van der Waals surface area contributed by atoms with Gasteiger partial charge in [0.15, 0.2) is 0 Å². The van der Waals surface area contributed by atoms with Gasteiger partial charge in [0.2, 0.25) is 0 Å². The maximum atomic E-state index is 13.2. The van der Waals surface area contributed by atoms with Crippen LogP contribution in [0, 0.1) is 17.8 Å². The van der Waals surface area contributed by atoms with E-state index in [1.165, 1.54) is 25.9 Å². The number of ether oxygens (including phenoxy) is 2. The van der Waals surface area contributed by atoms with Gasteiger partial charge in [-0.3, -0.25) is 9.69 Å². The molecule has 0 radical (unpaired) electrons. The first kappa shape index (κ1) is 24.1. The number of carbonyl (C=O) groups excluding carboxylic acids is 1. The summed E-state index contributed by atoms with van der Waals surface area (Å²) >= 11 is 0. The summed E-state index contributed by atoms with van der Waals surface area (Å²) in [5.41, 5.74) is 0.111. The fourth-order valence-corrected chi connectivity index (χ4v) is 5.35. The largest absolute Gasteiger partial charge is 0.492 e. The first-order valence-corrected chi connectivity index (χ1v) is 12.3. The number of nitrogens with zero attached hydrogens (tertiary/aromatic N) is 1. The number of likely N-dealkylation sites (tertiary alicyclic amines) is 1. The molecule has 1 aromatic carbocycles. The van der Waals surface area contributed by atoms with Crippen LogP contribution in [-0.4, -0.2) is 49.3 Å². The normalized spacial score (nSPS) is 29.5. The highest BCUT2D eigenvalue weighted by atomic mass is 16.5. The van der Waals surface area contributed by atoms with Crippen molar-refractivity contribution in [2.24, 2.45) is 17.8 Å². The van der Waals surface area contributed by atoms with Gasteiger partial charge in [0.1, 0.15) is 18.0 Å². The third-order valence-electron chi connectivity index (χ3n) is 6.68. The molecule has 1 aromatic rings. The lowest BCUT2D eigenvalue weighted by Crippen LogP contribution is -2.48. The molecular formula is C26H42N2O3. The summed E-state index contributed by atoms with van der Waals surface area (Å²) in [7, 11) is 0. The van der Waals surface area contributed by atoms with Crippen molar-refractivity contribution in [3.05, 3.63) is 24.3 Å². The van der Waals surface area contributed by atoms with E-state index in [0.29, 0.717) is 19.1 Å². The molecule has 3 rings (SSSR count). The maximum Gasteiger partial charge on any atom is 0.256 e. The highest BCUT2D eigenvalue weighted by Gasteiger charge is 2.42. The first-order chi connectivity index (χ1) is 14.9. The van der Waals surface area contributed by atoms with Crippen molar-refractivity contribution in [3.8, 4) is 5.75 Å². The predicted molar refractivity (Wildman–Crippen MR) is 127 cm³/mol. The summed E-state index contributed by atoms with van der Waals surface area (Å²) in [6.07, 6.45) is 6.07. The Morgan fingerprint density at radius 3 is 2.45 bits per heavy atom. The molecule has 1 aliphatic heterocycles. The fourth-order valence-electron chi connectivity index (χ4n) is 5.35. The van der Waals surface area contributed by atoms with E-state index in [-0.39, 0.29) is 5.91 Å². The van der Waals surface area contributed by atoms with Gasteiger partial charge in [-0.05, 0) is 74.1 Å². The molecule has 0 unspecified atom stereocenters. The molecule has 31 heavy (non-hydrogen) atoms. The minimum Gasteiger partial charge on any atom is -0.492 e. The molecule has 0 aromatic heterocycles. The van der Waals surface area contributed by atoms with Crippen LogP contribution in [-0.2, 0) is 9.53 Å². The van der Waals surface area contributed by atoms with Gasteiger partial charge < -0.3 is 14.8 Å². The van der Waals surface area contributed by atoms with E-state index in [1.807, 2.05) is 24.3 Å². The summed E-state index contributed by atoms with van der Waals surface area (Å²) in [4.78, 5) is 15.7. The van der Waals surface area contributed by atoms with Gasteiger partial charge in [-0.2, -0.15) is 0 Å². The number of nitrogens with one attached hydrogen (secondary N) is 1. The number of amides is 1. The highest BCUT2D eigenvalue weighted by molar-refractivity contribution is 5.97. The first-order valence-electron chi connectivity index (χ1n) is 12.3. The van der Waals surface area contributed by atoms with Crippen LogP contribution in [0.5, 0.6) is 5.75 Å². The zero-order valence-corrected chi connectivity index (χ0v) is 20.0. The molecule has 4 atom stereocenters. The minimum atomic E-state index is -0.689. The fraction of sp³-hybridized carbons (Fsp3) is 0.731. The van der Waals surface area contributed by atoms with Crippen molar-refractivity contribution >= 4 is 11.6 Å². The van der Waals surface area contributed by atoms with Crippen molar-refractivity contribution in [3.63, 3.8) is 0 Å². The molecule has 1 saturated carbocycles. The molecule has 5 heteroatoms. The van der Waals surface area contributed by atoms with Crippen LogP contribution in [0.15, 0.2) is 24.3 Å². The van der Waals surface area contributed by atoms with Crippen LogP contribution in [0.1, 0.15) is 66.2 Å². The van der Waals surface area contributed by atoms with Gasteiger partial charge in [-0.25, -0.2) is 0 Å². The number of rotatable bonds is 9. The Hall–Kier alpha value is -1.59. The number of piperidine rings is 1. The number of anilines is 1. The second-order valence-electron chi connectivity index (χ2n) is 10.1. The lowest BCUT2D eigenvalue weighted by molar-refractivity contribution is -0.148. The maximum absolute atomic E-state index is 13.2. The second kappa shape index (κ2) is 11.3. The van der Waals surface area contributed by atoms with Crippen LogP contribution in [0.4, 0.5) is 5.69 Å². The Bertz CT molecular complexity index is 682. The van der Waals surface area contributed by atoms with Crippen molar-refractivity contribution < 1.29 is 14.3 Å². The molecule has 2 aliphatic rings. The smallest absolute Gasteiger partial charge is 0.256 e. The Balaban J connectivity index is 1.50. The quantitative estimate of drug-likeness (QED) is 0.573. The monoisotopic (exact) mass is 430 g/mol. The SMILES string of the molecule is CCCO[C@]1(C(=O)Nc2ccc(OCCN3C[C@H](C)C[C@H](C)C3)cc2)CCC[C@@H](C)C1. The third-order valence-corrected chi connectivity index (χ3v) is 6.68. The summed E-state index contributed by atoms with van der Waals surface area (Å²) in [5.74, 6) is 2.89. The Labute approximate surface area is 188 Å². The van der Waals surface area contributed by atoms with Gasteiger partial charge in [0.25, 0.3) is 5.91 Å². The van der Waals surface area contributed by atoms with E-state index in [0.717, 1.165) is 55.5 Å². The van der Waals surface area contributed by atoms with Crippen LogP contribution >= 0.6 is 0 Å². The van der Waals surface area contributed by atoms with E-state index >= 15 is 0 Å². The summed E-state index contributed by atoms with van der Waals surface area (Å²) in [6, 6.07) is 7.75. The molecule has 1 aliphatic carbocycles. The average molecular weight is 431 g/mol. The molecule has 1 amide bonds. The van der Waals surface area contributed by atoms with E-state index < -0.39 is 5.60 Å². The predicted octanol–water partition coefficient (Wildman–Crippen LogP) is 5.36. The lowest BCUT2D eigenvalue weighted by Gasteiger charge is -2.38. The van der Waals surface area contributed by atoms with Crippen LogP contribution in [0.3, 0.4) is 0 Å². The van der Waals surface area contributed by atoms with E-state index in [4.69, 9.17) is 9.47 Å². The summed E-state index contributed by atoms with van der Waals surface area (Å²) in [5, 5.41) is 3.10. The minimum absolute atomic E-state index is 0.00509. The molecule has 5 nitrogen and oxygen atoms in total. The van der Waals surface area contributed by atoms with Crippen molar-refractivity contribution in [2.45, 2.75) is 71.8 Å². The molecule has 1 heterocycles. The van der Waals surface area contributed by atoms with Crippen molar-refractivity contribution in [1.82, 2.24) is 4.90 Å². The Kier molecular flexibility index (Phi) is 8.79. The van der Waals surface area contributed by atoms with Crippen LogP contribution in [0.2, 0.25) is 0 Å². The van der Waals surface area contributed by atoms with Crippen LogP contribution in [0.25, 0.3) is 0 Å². The van der Waals surface area contributed by atoms with Crippen LogP contribution < -0.4 is 10.1 Å². The molecule has 2 fully saturated rings. The standard InChI is InChI=1S/C26H42N2O3/c1-5-14-31-26(12-6-7-20(2)17-26)25(29)27-23-8-10-24(11-9-23)30-15-13-28-18-21(3)16-22(4)19-28/h8-11,20-22H,5-7,12-19H2,1-4H3,(H,27,29)/t20-,21-,22+,26-/m1/s1. The Morgan fingerprint density at radius 2 is 1.81 bits per heavy atom. The topological polar surface area (TPSA) is 50.8 Å². The van der Waals surface area contributed by atoms with E-state index in [9.17, 15) is 4.79 Å². The Morgan fingerprint density at radius 1 is 1.10 bits per heavy atom. The zero-order chi connectivity index (χ0) is 22.3. The van der Waals surface area contributed by atoms with Gasteiger partial charge in [0.05, 0.1) is 0 Å². The number of hydrogen-bond acceptors (Lipinski definition) is 4. The molecule has 174 valence electrons. The second-order valence-corrected chi connectivity index (χ2v) is 10.1. The van der Waals surface area contributed by atoms with E-state index in [1.54, 1.807) is 0 Å². The summed E-state index contributed by atoms with van der Waals surface area (Å²) < 4.78 is 12.1. The van der Waals surface area contributed by atoms with Gasteiger partial charge in [0, 0.05) is 31.9 Å². The molecular weight excluding hydrogens is 388 g/mol. The summed E-state index contributed by atoms with van der Waals surface area (Å²) in [6.45, 7) is 13.6. The molecule has 1 N–H and O–H groups in total. The average Bonchev–Trinajstić information content (AvgIpc) is 2.73. The van der Waals surface area contributed by atoms with Gasteiger partial charge in [-0.1, -0.05) is 34.1 Å². The number of hydrogen-bond donors (Lipinski definition) is 1. The number of carbonyl (C=O) groups is 1. The highest BCUT2D eigenvalue weighted by Crippen LogP contribution is 2.36. The molecule has 0 bridgehead atoms. The third kappa shape index (κ3) is 6.95. The van der Waals surface area contributed by atoms with Gasteiger partial charge in [-0.15, -0.1) is 0 Å². The van der Waals surface area contributed by atoms with Gasteiger partial charge >= 0.3 is 0 Å². The lowest BCUT2D eigenvalue weighted by atomic mass is 9.78. The zero-order valence-electron chi connectivity index (χ0n) is 20.0. The van der Waals surface area contributed by atoms with E-state index in [2.05, 4.69) is 37.9 Å². The molecule has 0 spiro atoms. The number of benzene rings is 1. The van der Waals surface area contributed by atoms with Crippen molar-refractivity contribution in [1.29, 1.82) is 0 Å². The van der Waals surface area contributed by atoms with Crippen molar-refractivity contribution in [2.75, 3.05) is 38.2 Å². The molecule has 1 saturated heterocycles.